The van der Waals surface area contributed by atoms with E-state index < -0.39 is 23.6 Å². The molecule has 1 atom stereocenters. The summed E-state index contributed by atoms with van der Waals surface area (Å²) in [5.74, 6) is -0.939. The summed E-state index contributed by atoms with van der Waals surface area (Å²) in [7, 11) is 0. The maximum Gasteiger partial charge on any atom is 0.417 e. The number of alkyl halides is 3. The van der Waals surface area contributed by atoms with Crippen LogP contribution in [0.4, 0.5) is 24.7 Å². The minimum Gasteiger partial charge on any atom is -0.381 e. The number of nitrogens with zero attached hydrogens (tertiary/aromatic N) is 5. The van der Waals surface area contributed by atoms with E-state index in [9.17, 15) is 22.8 Å². The second kappa shape index (κ2) is 8.54. The van der Waals surface area contributed by atoms with Gasteiger partial charge < -0.3 is 16.0 Å². The van der Waals surface area contributed by atoms with E-state index in [1.54, 1.807) is 18.2 Å². The molecule has 12 heteroatoms. The van der Waals surface area contributed by atoms with E-state index in [0.717, 1.165) is 18.9 Å². The minimum absolute atomic E-state index is 0.0134. The molecule has 9 nitrogen and oxygen atoms in total. The Bertz CT molecular complexity index is 1600. The summed E-state index contributed by atoms with van der Waals surface area (Å²) in [5.41, 5.74) is 5.91. The lowest BCUT2D eigenvalue weighted by atomic mass is 9.97. The number of carbonyl (C=O) groups excluding carboxylic acids is 2. The van der Waals surface area contributed by atoms with Gasteiger partial charge in [-0.1, -0.05) is 0 Å². The highest BCUT2D eigenvalue weighted by Crippen LogP contribution is 2.43. The van der Waals surface area contributed by atoms with Gasteiger partial charge in [0.05, 0.1) is 16.8 Å². The summed E-state index contributed by atoms with van der Waals surface area (Å²) in [6, 6.07) is 7.06. The molecule has 0 radical (unpaired) electrons. The molecule has 0 bridgehead atoms. The first-order valence-electron chi connectivity index (χ1n) is 12.0. The average Bonchev–Trinajstić information content (AvgIpc) is 3.60. The van der Waals surface area contributed by atoms with Crippen molar-refractivity contribution in [2.75, 3.05) is 11.1 Å². The Kier molecular flexibility index (Phi) is 5.37. The van der Waals surface area contributed by atoms with Gasteiger partial charge in [0.15, 0.2) is 11.5 Å². The third kappa shape index (κ3) is 4.01. The molecule has 1 fully saturated rings. The van der Waals surface area contributed by atoms with Gasteiger partial charge in [0.2, 0.25) is 0 Å². The summed E-state index contributed by atoms with van der Waals surface area (Å²) >= 11 is 0. The monoisotopic (exact) mass is 521 g/mol. The highest BCUT2D eigenvalue weighted by atomic mass is 19.4. The number of nitrogen functional groups attached to an aromatic ring is 1. The van der Waals surface area contributed by atoms with Crippen molar-refractivity contribution >= 4 is 29.0 Å². The van der Waals surface area contributed by atoms with Crippen LogP contribution in [0.2, 0.25) is 0 Å². The summed E-state index contributed by atoms with van der Waals surface area (Å²) in [5, 5.41) is 6.80. The molecule has 194 valence electrons. The average molecular weight is 522 g/mol. The normalized spacial score (nSPS) is 16.1. The van der Waals surface area contributed by atoms with Gasteiger partial charge in [-0.15, -0.1) is 5.10 Å². The van der Waals surface area contributed by atoms with Crippen molar-refractivity contribution in [3.05, 3.63) is 71.2 Å². The molecule has 4 aromatic rings. The number of benzene rings is 1. The largest absolute Gasteiger partial charge is 0.417 e. The molecule has 1 saturated carbocycles. The number of anilines is 2. The molecule has 4 heterocycles. The van der Waals surface area contributed by atoms with E-state index in [-0.39, 0.29) is 46.4 Å². The van der Waals surface area contributed by atoms with Crippen molar-refractivity contribution in [1.82, 2.24) is 24.5 Å². The first-order chi connectivity index (χ1) is 18.1. The van der Waals surface area contributed by atoms with Gasteiger partial charge in [0, 0.05) is 42.4 Å². The smallest absolute Gasteiger partial charge is 0.381 e. The number of hydrogen-bond donors (Lipinski definition) is 2. The first-order valence-corrected chi connectivity index (χ1v) is 12.0. The van der Waals surface area contributed by atoms with Crippen LogP contribution in [0.1, 0.15) is 51.6 Å². The van der Waals surface area contributed by atoms with Crippen LogP contribution in [0.3, 0.4) is 0 Å². The number of rotatable bonds is 5. The van der Waals surface area contributed by atoms with Crippen molar-refractivity contribution in [2.45, 2.75) is 38.5 Å². The Morgan fingerprint density at radius 2 is 1.92 bits per heavy atom. The number of nitrogens with two attached hydrogens (primary N) is 1. The molecule has 3 N–H and O–H groups in total. The van der Waals surface area contributed by atoms with Crippen LogP contribution >= 0.6 is 0 Å². The van der Waals surface area contributed by atoms with Crippen molar-refractivity contribution in [3.63, 3.8) is 0 Å². The predicted octanol–water partition coefficient (Wildman–Crippen LogP) is 4.40. The fraction of sp³-hybridized carbons (Fsp3) is 0.269. The third-order valence-corrected chi connectivity index (χ3v) is 7.11. The molecule has 1 aromatic carbocycles. The topological polar surface area (TPSA) is 119 Å². The van der Waals surface area contributed by atoms with Gasteiger partial charge in [-0.3, -0.25) is 14.6 Å². The molecule has 1 aliphatic heterocycles. The lowest BCUT2D eigenvalue weighted by Crippen LogP contribution is -2.35. The number of nitrogens with one attached hydrogen (secondary N) is 1. The summed E-state index contributed by atoms with van der Waals surface area (Å²) < 4.78 is 43.8. The zero-order valence-corrected chi connectivity index (χ0v) is 20.2. The molecule has 3 aromatic heterocycles. The maximum absolute atomic E-state index is 14.2. The fourth-order valence-electron chi connectivity index (χ4n) is 4.97. The highest BCUT2D eigenvalue weighted by molar-refractivity contribution is 6.11. The van der Waals surface area contributed by atoms with Crippen LogP contribution in [0.5, 0.6) is 0 Å². The van der Waals surface area contributed by atoms with Crippen LogP contribution in [0.15, 0.2) is 48.9 Å². The van der Waals surface area contributed by atoms with Crippen LogP contribution in [-0.4, -0.2) is 42.3 Å². The molecule has 0 saturated heterocycles. The zero-order chi connectivity index (χ0) is 26.8. The molecule has 2 aliphatic rings. The lowest BCUT2D eigenvalue weighted by Gasteiger charge is -2.24. The van der Waals surface area contributed by atoms with E-state index in [0.29, 0.717) is 17.2 Å². The molecule has 2 amide bonds. The lowest BCUT2D eigenvalue weighted by molar-refractivity contribution is -0.137. The molecule has 0 unspecified atom stereocenters. The van der Waals surface area contributed by atoms with E-state index in [2.05, 4.69) is 20.4 Å². The molecule has 1 aliphatic carbocycles. The Morgan fingerprint density at radius 3 is 2.61 bits per heavy atom. The van der Waals surface area contributed by atoms with Crippen LogP contribution < -0.4 is 11.1 Å². The van der Waals surface area contributed by atoms with Crippen LogP contribution in [0.25, 0.3) is 16.9 Å². The molecular formula is C26H22F3N7O2. The van der Waals surface area contributed by atoms with Crippen LogP contribution in [0, 0.1) is 5.92 Å². The Balaban J connectivity index is 1.42. The number of aromatic nitrogens is 4. The Hall–Kier alpha value is -4.48. The number of pyridine rings is 1. The number of hydrogen-bond acceptors (Lipinski definition) is 6. The van der Waals surface area contributed by atoms with Crippen molar-refractivity contribution in [3.8, 4) is 11.3 Å². The maximum atomic E-state index is 14.2. The molecule has 0 spiro atoms. The Morgan fingerprint density at radius 1 is 1.18 bits per heavy atom. The van der Waals surface area contributed by atoms with Gasteiger partial charge in [0.1, 0.15) is 5.56 Å². The van der Waals surface area contributed by atoms with E-state index >= 15 is 0 Å². The summed E-state index contributed by atoms with van der Waals surface area (Å²) in [6.45, 7) is 1.98. The second-order valence-corrected chi connectivity index (χ2v) is 9.60. The van der Waals surface area contributed by atoms with E-state index in [1.807, 2.05) is 6.92 Å². The molecule has 38 heavy (non-hydrogen) atoms. The molecule has 6 rings (SSSR count). The third-order valence-electron chi connectivity index (χ3n) is 7.11. The SMILES string of the molecule is C[C@@H](C1CC1)N1Cc2cc(-c3ccn4nc(N)c(C(=O)Nc5ccncc5)c4n3)cc(C(F)(F)F)c2C1=O. The minimum atomic E-state index is -4.74. The summed E-state index contributed by atoms with van der Waals surface area (Å²) in [4.78, 5) is 36.0. The van der Waals surface area contributed by atoms with Gasteiger partial charge in [0.25, 0.3) is 11.8 Å². The fourth-order valence-corrected chi connectivity index (χ4v) is 4.97. The van der Waals surface area contributed by atoms with Crippen molar-refractivity contribution in [2.24, 2.45) is 5.92 Å². The quantitative estimate of drug-likeness (QED) is 0.402. The number of halogens is 3. The number of carbonyl (C=O) groups is 2. The van der Waals surface area contributed by atoms with Crippen molar-refractivity contribution in [1.29, 1.82) is 0 Å². The first kappa shape index (κ1) is 23.9. The van der Waals surface area contributed by atoms with E-state index in [4.69, 9.17) is 5.73 Å². The number of fused-ring (bicyclic) bond motifs is 2. The van der Waals surface area contributed by atoms with E-state index in [1.165, 1.54) is 34.1 Å². The van der Waals surface area contributed by atoms with Gasteiger partial charge in [-0.2, -0.15) is 13.2 Å². The number of amides is 2. The molecular weight excluding hydrogens is 499 g/mol. The summed E-state index contributed by atoms with van der Waals surface area (Å²) in [6.07, 6.45) is 1.69. The van der Waals surface area contributed by atoms with Gasteiger partial charge in [-0.25, -0.2) is 9.50 Å². The highest BCUT2D eigenvalue weighted by Gasteiger charge is 2.44. The van der Waals surface area contributed by atoms with Crippen LogP contribution in [-0.2, 0) is 12.7 Å². The predicted molar refractivity (Wildman–Crippen MR) is 132 cm³/mol. The standard InChI is InChI=1S/C26H22F3N7O2/c1-13(14-2-3-14)35-12-16-10-15(11-18(26(27,28)29)20(16)25(35)38)19-6-9-36-23(33-19)21(22(30)34-36)24(37)32-17-4-7-31-8-5-17/h4-11,13-14H,2-3,12H2,1H3,(H2,30,34)(H,31,32,37)/t13-/m0/s1. The van der Waals surface area contributed by atoms with Gasteiger partial charge in [-0.05, 0) is 61.6 Å². The van der Waals surface area contributed by atoms with Gasteiger partial charge >= 0.3 is 6.18 Å². The zero-order valence-electron chi connectivity index (χ0n) is 20.2. The second-order valence-electron chi connectivity index (χ2n) is 9.60. The van der Waals surface area contributed by atoms with Crippen molar-refractivity contribution < 1.29 is 22.8 Å². The Labute approximate surface area is 214 Å².